The Balaban J connectivity index is 2.07. The molecule has 12 N–H and O–H groups in total. The van der Waals surface area contributed by atoms with Gasteiger partial charge < -0.3 is 49.1 Å². The van der Waals surface area contributed by atoms with Crippen molar-refractivity contribution in [3.63, 3.8) is 0 Å². The monoisotopic (exact) mass is 584 g/mol. The summed E-state index contributed by atoms with van der Waals surface area (Å²) in [7, 11) is 0. The van der Waals surface area contributed by atoms with Crippen LogP contribution < -0.4 is 49.1 Å². The van der Waals surface area contributed by atoms with Crippen molar-refractivity contribution in [1.82, 2.24) is 31.9 Å². The van der Waals surface area contributed by atoms with Crippen LogP contribution in [0.1, 0.15) is 55.2 Å². The van der Waals surface area contributed by atoms with E-state index in [0.29, 0.717) is 0 Å². The fourth-order valence-corrected chi connectivity index (χ4v) is 4.87. The molecule has 0 amide bonds. The zero-order valence-electron chi connectivity index (χ0n) is 26.1. The SMILES string of the molecule is NCCCNCCCNCc1cc(-c2ccccc2)cc(CNCCCNCCCN)c1CNCCCNCCCN. The van der Waals surface area contributed by atoms with Gasteiger partial charge in [0.15, 0.2) is 0 Å². The second kappa shape index (κ2) is 25.6. The first-order valence-corrected chi connectivity index (χ1v) is 16.3. The van der Waals surface area contributed by atoms with Crippen LogP contribution in [0.5, 0.6) is 0 Å². The number of benzene rings is 2. The molecule has 0 unspecified atom stereocenters. The summed E-state index contributed by atoms with van der Waals surface area (Å²) in [6, 6.07) is 15.5. The molecule has 2 aromatic rings. The van der Waals surface area contributed by atoms with Crippen LogP contribution in [-0.4, -0.2) is 78.5 Å². The largest absolute Gasteiger partial charge is 0.330 e. The number of rotatable bonds is 28. The molecule has 0 fully saturated rings. The van der Waals surface area contributed by atoms with Gasteiger partial charge in [0, 0.05) is 19.6 Å². The number of hydrogen-bond donors (Lipinski definition) is 9. The van der Waals surface area contributed by atoms with Crippen LogP contribution in [0, 0.1) is 0 Å². The lowest BCUT2D eigenvalue weighted by atomic mass is 9.93. The van der Waals surface area contributed by atoms with E-state index in [1.54, 1.807) is 0 Å². The molecular formula is C33H61N9. The van der Waals surface area contributed by atoms with Crippen LogP contribution in [0.3, 0.4) is 0 Å². The Morgan fingerprint density at radius 1 is 0.405 bits per heavy atom. The first kappa shape index (κ1) is 36.3. The highest BCUT2D eigenvalue weighted by Crippen LogP contribution is 2.26. The highest BCUT2D eigenvalue weighted by atomic mass is 14.9. The van der Waals surface area contributed by atoms with Gasteiger partial charge in [-0.25, -0.2) is 0 Å². The normalized spacial score (nSPS) is 11.4. The van der Waals surface area contributed by atoms with Crippen molar-refractivity contribution in [1.29, 1.82) is 0 Å². The van der Waals surface area contributed by atoms with Gasteiger partial charge in [-0.15, -0.1) is 0 Å². The maximum absolute atomic E-state index is 5.61. The molecule has 2 aromatic carbocycles. The number of nitrogens with one attached hydrogen (secondary N) is 6. The minimum atomic E-state index is 0.743. The average molecular weight is 584 g/mol. The molecule has 0 spiro atoms. The standard InChI is InChI=1S/C33H61N9/c34-12-4-15-37-18-7-21-40-26-31-24-30(29-10-2-1-3-11-29)25-32(27-41-22-8-19-38-16-5-13-35)33(31)28-42-23-9-20-39-17-6-14-36/h1-3,10-11,24-25,37-42H,4-9,12-23,26-28,34-36H2. The zero-order chi connectivity index (χ0) is 29.9. The Labute approximate surface area is 255 Å². The van der Waals surface area contributed by atoms with E-state index in [4.69, 9.17) is 17.2 Å². The minimum absolute atomic E-state index is 0.743. The molecule has 0 atom stereocenters. The molecule has 0 aliphatic carbocycles. The second-order valence-corrected chi connectivity index (χ2v) is 10.9. The van der Waals surface area contributed by atoms with Crippen LogP contribution in [0.4, 0.5) is 0 Å². The maximum Gasteiger partial charge on any atom is 0.0211 e. The fraction of sp³-hybridized carbons (Fsp3) is 0.636. The molecule has 9 nitrogen and oxygen atoms in total. The van der Waals surface area contributed by atoms with Gasteiger partial charge in [0.05, 0.1) is 0 Å². The van der Waals surface area contributed by atoms with Gasteiger partial charge in [-0.2, -0.15) is 0 Å². The van der Waals surface area contributed by atoms with Crippen molar-refractivity contribution in [3.05, 3.63) is 59.2 Å². The Morgan fingerprint density at radius 3 is 1.21 bits per heavy atom. The molecule has 0 heterocycles. The highest BCUT2D eigenvalue weighted by molar-refractivity contribution is 5.66. The molecule has 0 saturated heterocycles. The number of hydrogen-bond acceptors (Lipinski definition) is 9. The van der Waals surface area contributed by atoms with Crippen molar-refractivity contribution in [3.8, 4) is 11.1 Å². The van der Waals surface area contributed by atoms with Crippen molar-refractivity contribution >= 4 is 0 Å². The smallest absolute Gasteiger partial charge is 0.0211 e. The van der Waals surface area contributed by atoms with E-state index in [2.05, 4.69) is 74.4 Å². The van der Waals surface area contributed by atoms with Crippen molar-refractivity contribution < 1.29 is 0 Å². The topological polar surface area (TPSA) is 150 Å². The van der Waals surface area contributed by atoms with E-state index >= 15 is 0 Å². The van der Waals surface area contributed by atoms with Crippen molar-refractivity contribution in [2.75, 3.05) is 78.5 Å². The van der Waals surface area contributed by atoms with Gasteiger partial charge in [-0.1, -0.05) is 30.3 Å². The van der Waals surface area contributed by atoms with Crippen molar-refractivity contribution in [2.45, 2.75) is 58.2 Å². The van der Waals surface area contributed by atoms with Crippen LogP contribution in [0.25, 0.3) is 11.1 Å². The molecule has 0 aliphatic rings. The molecule has 42 heavy (non-hydrogen) atoms. The third-order valence-corrected chi connectivity index (χ3v) is 7.27. The lowest BCUT2D eigenvalue weighted by Gasteiger charge is -2.20. The molecule has 0 bridgehead atoms. The average Bonchev–Trinajstić information content (AvgIpc) is 3.02. The Hall–Kier alpha value is -1.92. The van der Waals surface area contributed by atoms with E-state index in [1.165, 1.54) is 27.8 Å². The van der Waals surface area contributed by atoms with E-state index in [0.717, 1.165) is 137 Å². The predicted molar refractivity (Wildman–Crippen MR) is 180 cm³/mol. The van der Waals surface area contributed by atoms with E-state index in [1.807, 2.05) is 0 Å². The maximum atomic E-state index is 5.61. The molecule has 0 aliphatic heterocycles. The summed E-state index contributed by atoms with van der Waals surface area (Å²) >= 11 is 0. The molecule has 238 valence electrons. The third kappa shape index (κ3) is 16.6. The lowest BCUT2D eigenvalue weighted by Crippen LogP contribution is -2.27. The molecular weight excluding hydrogens is 522 g/mol. The summed E-state index contributed by atoms with van der Waals surface area (Å²) in [5, 5.41) is 21.6. The summed E-state index contributed by atoms with van der Waals surface area (Å²) in [5.41, 5.74) is 23.5. The first-order chi connectivity index (χ1) is 20.8. The molecule has 9 heteroatoms. The van der Waals surface area contributed by atoms with Crippen LogP contribution in [0.2, 0.25) is 0 Å². The van der Waals surface area contributed by atoms with Crippen LogP contribution in [-0.2, 0) is 19.6 Å². The van der Waals surface area contributed by atoms with Gasteiger partial charge in [0.1, 0.15) is 0 Å². The van der Waals surface area contributed by atoms with Gasteiger partial charge >= 0.3 is 0 Å². The highest BCUT2D eigenvalue weighted by Gasteiger charge is 2.12. The van der Waals surface area contributed by atoms with E-state index in [-0.39, 0.29) is 0 Å². The van der Waals surface area contributed by atoms with Gasteiger partial charge in [-0.3, -0.25) is 0 Å². The first-order valence-electron chi connectivity index (χ1n) is 16.3. The fourth-order valence-electron chi connectivity index (χ4n) is 4.87. The summed E-state index contributed by atoms with van der Waals surface area (Å²) < 4.78 is 0. The van der Waals surface area contributed by atoms with Gasteiger partial charge in [0.25, 0.3) is 0 Å². The zero-order valence-corrected chi connectivity index (χ0v) is 26.1. The van der Waals surface area contributed by atoms with Gasteiger partial charge in [-0.05, 0) is 157 Å². The van der Waals surface area contributed by atoms with E-state index in [9.17, 15) is 0 Å². The summed E-state index contributed by atoms with van der Waals surface area (Å²) in [5.74, 6) is 0. The second-order valence-electron chi connectivity index (χ2n) is 10.9. The van der Waals surface area contributed by atoms with E-state index < -0.39 is 0 Å². The summed E-state index contributed by atoms with van der Waals surface area (Å²) in [6.45, 7) is 13.8. The van der Waals surface area contributed by atoms with Crippen LogP contribution >= 0.6 is 0 Å². The Morgan fingerprint density at radius 2 is 0.786 bits per heavy atom. The Kier molecular flexibility index (Phi) is 22.1. The molecule has 0 aromatic heterocycles. The summed E-state index contributed by atoms with van der Waals surface area (Å²) in [6.07, 6.45) is 6.38. The quantitative estimate of drug-likeness (QED) is 0.0681. The van der Waals surface area contributed by atoms with Crippen molar-refractivity contribution in [2.24, 2.45) is 17.2 Å². The summed E-state index contributed by atoms with van der Waals surface area (Å²) in [4.78, 5) is 0. The van der Waals surface area contributed by atoms with Gasteiger partial charge in [0.2, 0.25) is 0 Å². The molecule has 0 saturated carbocycles. The lowest BCUT2D eigenvalue weighted by molar-refractivity contribution is 0.569. The predicted octanol–water partition coefficient (Wildman–Crippen LogP) is 1.61. The third-order valence-electron chi connectivity index (χ3n) is 7.27. The molecule has 2 rings (SSSR count). The number of nitrogens with two attached hydrogens (primary N) is 3. The minimum Gasteiger partial charge on any atom is -0.330 e. The van der Waals surface area contributed by atoms with Crippen LogP contribution in [0.15, 0.2) is 42.5 Å². The Bertz CT molecular complexity index is 853. The molecule has 0 radical (unpaired) electrons.